The summed E-state index contributed by atoms with van der Waals surface area (Å²) in [7, 11) is 0. The van der Waals surface area contributed by atoms with Gasteiger partial charge in [-0.05, 0) is 35.0 Å². The second-order valence-electron chi connectivity index (χ2n) is 2.60. The molecule has 0 heterocycles. The lowest BCUT2D eigenvalue weighted by molar-refractivity contribution is 0.361. The van der Waals surface area contributed by atoms with E-state index in [9.17, 15) is 0 Å². The van der Waals surface area contributed by atoms with Gasteiger partial charge in [-0.3, -0.25) is 0 Å². The molecular formula is C11H10BrNO. The Morgan fingerprint density at radius 3 is 3.00 bits per heavy atom. The van der Waals surface area contributed by atoms with Gasteiger partial charge in [0.1, 0.15) is 24.0 Å². The molecule has 0 amide bonds. The predicted octanol–water partition coefficient (Wildman–Crippen LogP) is 3.28. The molecule has 1 aromatic carbocycles. The van der Waals surface area contributed by atoms with Crippen LogP contribution in [0.5, 0.6) is 5.75 Å². The highest BCUT2D eigenvalue weighted by molar-refractivity contribution is 9.10. The van der Waals surface area contributed by atoms with Gasteiger partial charge in [0, 0.05) is 4.47 Å². The number of benzene rings is 1. The Hall–Kier alpha value is -1.27. The highest BCUT2D eigenvalue weighted by Gasteiger charge is 2.05. The Bertz CT molecular complexity index is 379. The van der Waals surface area contributed by atoms with Crippen LogP contribution >= 0.6 is 15.9 Å². The van der Waals surface area contributed by atoms with Crippen molar-refractivity contribution in [1.29, 1.82) is 5.26 Å². The van der Waals surface area contributed by atoms with Gasteiger partial charge in [-0.1, -0.05) is 18.2 Å². The van der Waals surface area contributed by atoms with Gasteiger partial charge >= 0.3 is 0 Å². The Morgan fingerprint density at radius 1 is 1.57 bits per heavy atom. The van der Waals surface area contributed by atoms with Crippen molar-refractivity contribution < 1.29 is 4.74 Å². The number of hydrogen-bond donors (Lipinski definition) is 0. The topological polar surface area (TPSA) is 33.0 Å². The minimum atomic E-state index is 0.488. The van der Waals surface area contributed by atoms with Crippen molar-refractivity contribution >= 4 is 15.9 Å². The third-order valence-corrected chi connectivity index (χ3v) is 2.32. The van der Waals surface area contributed by atoms with Crippen molar-refractivity contribution in [3.8, 4) is 11.8 Å². The van der Waals surface area contributed by atoms with E-state index < -0.39 is 0 Å². The zero-order chi connectivity index (χ0) is 10.4. The quantitative estimate of drug-likeness (QED) is 0.773. The van der Waals surface area contributed by atoms with Gasteiger partial charge in [-0.2, -0.15) is 5.26 Å². The third-order valence-electron chi connectivity index (χ3n) is 1.66. The van der Waals surface area contributed by atoms with Gasteiger partial charge in [0.15, 0.2) is 0 Å². The van der Waals surface area contributed by atoms with Crippen molar-refractivity contribution in [1.82, 2.24) is 0 Å². The summed E-state index contributed by atoms with van der Waals surface area (Å²) < 4.78 is 6.17. The highest BCUT2D eigenvalue weighted by atomic mass is 79.9. The maximum Gasteiger partial charge on any atom is 0.138 e. The fourth-order valence-electron chi connectivity index (χ4n) is 0.967. The Balaban J connectivity index is 2.86. The first kappa shape index (κ1) is 10.8. The van der Waals surface area contributed by atoms with Crippen LogP contribution < -0.4 is 4.74 Å². The molecule has 3 heteroatoms. The third kappa shape index (κ3) is 2.61. The standard InChI is InChI=1S/C11H10BrNO/c1-2-3-7-14-11-6-4-5-10(12)9(11)8-13/h2-6H,7H2,1H3/b3-2+. The lowest BCUT2D eigenvalue weighted by atomic mass is 10.2. The molecule has 0 atom stereocenters. The summed E-state index contributed by atoms with van der Waals surface area (Å²) in [6, 6.07) is 7.54. The maximum atomic E-state index is 8.88. The van der Waals surface area contributed by atoms with Crippen LogP contribution in [-0.4, -0.2) is 6.61 Å². The van der Waals surface area contributed by atoms with E-state index in [4.69, 9.17) is 10.00 Å². The fourth-order valence-corrected chi connectivity index (χ4v) is 1.40. The Kier molecular flexibility index (Phi) is 4.21. The normalized spacial score (nSPS) is 10.1. The number of nitrogens with zero attached hydrogens (tertiary/aromatic N) is 1. The predicted molar refractivity (Wildman–Crippen MR) is 59.2 cm³/mol. The molecule has 0 unspecified atom stereocenters. The molecule has 0 aliphatic carbocycles. The Labute approximate surface area is 91.9 Å². The summed E-state index contributed by atoms with van der Waals surface area (Å²) in [4.78, 5) is 0. The van der Waals surface area contributed by atoms with Crippen LogP contribution in [0.4, 0.5) is 0 Å². The van der Waals surface area contributed by atoms with Gasteiger partial charge in [0.25, 0.3) is 0 Å². The number of ether oxygens (including phenoxy) is 1. The first-order chi connectivity index (χ1) is 6.79. The monoisotopic (exact) mass is 251 g/mol. The lowest BCUT2D eigenvalue weighted by Crippen LogP contribution is -1.95. The van der Waals surface area contributed by atoms with Gasteiger partial charge in [0.05, 0.1) is 0 Å². The maximum absolute atomic E-state index is 8.88. The van der Waals surface area contributed by atoms with Crippen molar-refractivity contribution in [2.75, 3.05) is 6.61 Å². The van der Waals surface area contributed by atoms with Crippen LogP contribution in [0.1, 0.15) is 12.5 Å². The van der Waals surface area contributed by atoms with Crippen LogP contribution in [0.15, 0.2) is 34.8 Å². The minimum absolute atomic E-state index is 0.488. The van der Waals surface area contributed by atoms with E-state index in [0.29, 0.717) is 17.9 Å². The van der Waals surface area contributed by atoms with Crippen LogP contribution in [-0.2, 0) is 0 Å². The molecule has 14 heavy (non-hydrogen) atoms. The molecule has 2 nitrogen and oxygen atoms in total. The zero-order valence-corrected chi connectivity index (χ0v) is 9.41. The van der Waals surface area contributed by atoms with Crippen LogP contribution in [0, 0.1) is 11.3 Å². The molecule has 0 saturated heterocycles. The molecule has 0 saturated carbocycles. The van der Waals surface area contributed by atoms with E-state index in [-0.39, 0.29) is 0 Å². The largest absolute Gasteiger partial charge is 0.488 e. The summed E-state index contributed by atoms with van der Waals surface area (Å²) >= 11 is 3.30. The van der Waals surface area contributed by atoms with E-state index in [0.717, 1.165) is 4.47 Å². The molecule has 0 aliphatic heterocycles. The average molecular weight is 252 g/mol. The van der Waals surface area contributed by atoms with Crippen molar-refractivity contribution in [2.45, 2.75) is 6.92 Å². The summed E-state index contributed by atoms with van der Waals surface area (Å²) in [6.45, 7) is 2.41. The number of rotatable bonds is 3. The van der Waals surface area contributed by atoms with Crippen molar-refractivity contribution in [2.24, 2.45) is 0 Å². The van der Waals surface area contributed by atoms with Crippen LogP contribution in [0.25, 0.3) is 0 Å². The average Bonchev–Trinajstić information content (AvgIpc) is 2.18. The molecule has 0 radical (unpaired) electrons. The van der Waals surface area contributed by atoms with Gasteiger partial charge in [-0.25, -0.2) is 0 Å². The molecule has 1 rings (SSSR count). The van der Waals surface area contributed by atoms with E-state index in [2.05, 4.69) is 22.0 Å². The first-order valence-corrected chi connectivity index (χ1v) is 5.01. The van der Waals surface area contributed by atoms with Crippen LogP contribution in [0.2, 0.25) is 0 Å². The molecule has 0 spiro atoms. The zero-order valence-electron chi connectivity index (χ0n) is 7.83. The summed E-state index contributed by atoms with van der Waals surface area (Å²) in [5.41, 5.74) is 0.539. The van der Waals surface area contributed by atoms with E-state index in [1.165, 1.54) is 0 Å². The van der Waals surface area contributed by atoms with E-state index in [1.54, 1.807) is 6.07 Å². The second kappa shape index (κ2) is 5.46. The molecule has 72 valence electrons. The molecule has 0 fully saturated rings. The number of nitriles is 1. The smallest absolute Gasteiger partial charge is 0.138 e. The summed E-state index contributed by atoms with van der Waals surface area (Å²) in [5.74, 6) is 0.611. The van der Waals surface area contributed by atoms with Crippen molar-refractivity contribution in [3.63, 3.8) is 0 Å². The molecular weight excluding hydrogens is 242 g/mol. The lowest BCUT2D eigenvalue weighted by Gasteiger charge is -2.05. The molecule has 1 aromatic rings. The number of allylic oxidation sites excluding steroid dienone is 1. The fraction of sp³-hybridized carbons (Fsp3) is 0.182. The Morgan fingerprint density at radius 2 is 2.36 bits per heavy atom. The SMILES string of the molecule is C/C=C/COc1cccc(Br)c1C#N. The molecule has 0 aliphatic rings. The summed E-state index contributed by atoms with van der Waals surface area (Å²) in [6.07, 6.45) is 3.80. The summed E-state index contributed by atoms with van der Waals surface area (Å²) in [5, 5.41) is 8.88. The van der Waals surface area contributed by atoms with Crippen molar-refractivity contribution in [3.05, 3.63) is 40.4 Å². The minimum Gasteiger partial charge on any atom is -0.488 e. The number of halogens is 1. The molecule has 0 N–H and O–H groups in total. The molecule has 0 bridgehead atoms. The second-order valence-corrected chi connectivity index (χ2v) is 3.46. The van der Waals surface area contributed by atoms with Gasteiger partial charge in [-0.15, -0.1) is 0 Å². The number of hydrogen-bond acceptors (Lipinski definition) is 2. The van der Waals surface area contributed by atoms with E-state index in [1.807, 2.05) is 31.2 Å². The highest BCUT2D eigenvalue weighted by Crippen LogP contribution is 2.25. The van der Waals surface area contributed by atoms with Crippen LogP contribution in [0.3, 0.4) is 0 Å². The first-order valence-electron chi connectivity index (χ1n) is 4.22. The van der Waals surface area contributed by atoms with Gasteiger partial charge < -0.3 is 4.74 Å². The molecule has 0 aromatic heterocycles. The van der Waals surface area contributed by atoms with E-state index >= 15 is 0 Å². The van der Waals surface area contributed by atoms with Gasteiger partial charge in [0.2, 0.25) is 0 Å².